The number of aryl methyl sites for hydroxylation is 1. The molecule has 0 unspecified atom stereocenters. The number of imidazole rings is 1. The number of aromatic nitrogens is 2. The van der Waals surface area contributed by atoms with E-state index >= 15 is 0 Å². The minimum absolute atomic E-state index is 0.0674. The van der Waals surface area contributed by atoms with E-state index in [4.69, 9.17) is 9.47 Å². The number of esters is 1. The molecule has 1 N–H and O–H groups in total. The lowest BCUT2D eigenvalue weighted by Crippen LogP contribution is -2.49. The molecule has 1 saturated carbocycles. The summed E-state index contributed by atoms with van der Waals surface area (Å²) < 4.78 is 13.1. The van der Waals surface area contributed by atoms with Gasteiger partial charge in [-0.2, -0.15) is 0 Å². The molecular formula is C15H23N3O5. The zero-order valence-electron chi connectivity index (χ0n) is 14.1. The van der Waals surface area contributed by atoms with Crippen molar-refractivity contribution >= 4 is 12.1 Å². The summed E-state index contributed by atoms with van der Waals surface area (Å²) in [6.07, 6.45) is 1.77. The van der Waals surface area contributed by atoms with Crippen molar-refractivity contribution < 1.29 is 19.1 Å². The Balaban J connectivity index is 1.80. The number of alkyl carbamates (subject to hydrolysis) is 1. The van der Waals surface area contributed by atoms with E-state index in [-0.39, 0.29) is 23.5 Å². The molecule has 8 nitrogen and oxygen atoms in total. The third-order valence-corrected chi connectivity index (χ3v) is 3.56. The fraction of sp³-hybridized carbons (Fsp3) is 0.667. The Labute approximate surface area is 134 Å². The number of rotatable bonds is 3. The van der Waals surface area contributed by atoms with Crippen LogP contribution in [-0.2, 0) is 23.6 Å². The molecule has 8 heteroatoms. The fourth-order valence-electron chi connectivity index (χ4n) is 2.32. The van der Waals surface area contributed by atoms with Gasteiger partial charge in [0.25, 0.3) is 0 Å². The van der Waals surface area contributed by atoms with Crippen LogP contribution in [-0.4, -0.2) is 38.9 Å². The van der Waals surface area contributed by atoms with Gasteiger partial charge in [-0.05, 0) is 20.8 Å². The second-order valence-corrected chi connectivity index (χ2v) is 6.81. The molecule has 0 atom stereocenters. The standard InChI is InChI=1S/C15H23N3O5/c1-15(2,3)23-13(20)16-9-6-10(7-9)22-12(19)11-8-17(4)14(21)18(11)5/h8-10H,6-7H2,1-5H3,(H,16,20). The Morgan fingerprint density at radius 1 is 1.26 bits per heavy atom. The van der Waals surface area contributed by atoms with Gasteiger partial charge in [0.15, 0.2) is 0 Å². The lowest BCUT2D eigenvalue weighted by atomic mass is 9.89. The summed E-state index contributed by atoms with van der Waals surface area (Å²) in [5.41, 5.74) is -0.617. The van der Waals surface area contributed by atoms with Gasteiger partial charge in [-0.25, -0.2) is 14.4 Å². The highest BCUT2D eigenvalue weighted by Crippen LogP contribution is 2.24. The van der Waals surface area contributed by atoms with Gasteiger partial charge < -0.3 is 19.4 Å². The molecule has 23 heavy (non-hydrogen) atoms. The van der Waals surface area contributed by atoms with Crippen LogP contribution in [0, 0.1) is 0 Å². The summed E-state index contributed by atoms with van der Waals surface area (Å²) in [4.78, 5) is 35.3. The number of nitrogens with one attached hydrogen (secondary N) is 1. The Kier molecular flexibility index (Phi) is 4.53. The number of amides is 1. The highest BCUT2D eigenvalue weighted by Gasteiger charge is 2.35. The van der Waals surface area contributed by atoms with E-state index in [1.807, 2.05) is 0 Å². The molecule has 0 radical (unpaired) electrons. The lowest BCUT2D eigenvalue weighted by Gasteiger charge is -2.35. The van der Waals surface area contributed by atoms with Crippen LogP contribution in [0.4, 0.5) is 4.79 Å². The van der Waals surface area contributed by atoms with E-state index in [2.05, 4.69) is 5.32 Å². The first-order chi connectivity index (χ1) is 10.6. The third kappa shape index (κ3) is 4.14. The van der Waals surface area contributed by atoms with Gasteiger partial charge in [0, 0.05) is 39.2 Å². The highest BCUT2D eigenvalue weighted by molar-refractivity contribution is 5.87. The zero-order valence-corrected chi connectivity index (χ0v) is 14.1. The molecule has 0 aromatic carbocycles. The van der Waals surface area contributed by atoms with Crippen molar-refractivity contribution in [1.29, 1.82) is 0 Å². The van der Waals surface area contributed by atoms with E-state index in [0.717, 1.165) is 0 Å². The van der Waals surface area contributed by atoms with Crippen LogP contribution in [0.2, 0.25) is 0 Å². The number of hydrogen-bond donors (Lipinski definition) is 1. The maximum Gasteiger partial charge on any atom is 0.407 e. The molecule has 1 aliphatic carbocycles. The largest absolute Gasteiger partial charge is 0.458 e. The summed E-state index contributed by atoms with van der Waals surface area (Å²) in [6.45, 7) is 5.38. The van der Waals surface area contributed by atoms with Crippen LogP contribution < -0.4 is 11.0 Å². The highest BCUT2D eigenvalue weighted by atomic mass is 16.6. The van der Waals surface area contributed by atoms with Crippen LogP contribution in [0.15, 0.2) is 11.0 Å². The molecule has 0 spiro atoms. The summed E-state index contributed by atoms with van der Waals surface area (Å²) in [5, 5.41) is 2.73. The predicted octanol–water partition coefficient (Wildman–Crippen LogP) is 0.936. The van der Waals surface area contributed by atoms with Crippen LogP contribution in [0.25, 0.3) is 0 Å². The number of carbonyl (C=O) groups is 2. The topological polar surface area (TPSA) is 91.6 Å². The predicted molar refractivity (Wildman–Crippen MR) is 82.2 cm³/mol. The first kappa shape index (κ1) is 17.1. The third-order valence-electron chi connectivity index (χ3n) is 3.56. The first-order valence-corrected chi connectivity index (χ1v) is 7.49. The molecule has 128 valence electrons. The molecule has 1 fully saturated rings. The Hall–Kier alpha value is -2.25. The monoisotopic (exact) mass is 325 g/mol. The Morgan fingerprint density at radius 2 is 1.87 bits per heavy atom. The van der Waals surface area contributed by atoms with Crippen molar-refractivity contribution in [2.45, 2.75) is 51.4 Å². The Bertz CT molecular complexity index is 662. The summed E-state index contributed by atoms with van der Waals surface area (Å²) in [6, 6.07) is -0.0674. The first-order valence-electron chi connectivity index (χ1n) is 7.49. The Morgan fingerprint density at radius 3 is 2.35 bits per heavy atom. The maximum atomic E-state index is 12.0. The fourth-order valence-corrected chi connectivity index (χ4v) is 2.32. The van der Waals surface area contributed by atoms with Crippen LogP contribution in [0.5, 0.6) is 0 Å². The summed E-state index contributed by atoms with van der Waals surface area (Å²) in [5.74, 6) is -0.536. The van der Waals surface area contributed by atoms with E-state index in [1.54, 1.807) is 27.8 Å². The van der Waals surface area contributed by atoms with Gasteiger partial charge in [0.1, 0.15) is 17.4 Å². The average molecular weight is 325 g/mol. The molecule has 0 saturated heterocycles. The normalized spacial score (nSPS) is 20.6. The van der Waals surface area contributed by atoms with Gasteiger partial charge >= 0.3 is 17.8 Å². The van der Waals surface area contributed by atoms with Crippen molar-refractivity contribution in [3.8, 4) is 0 Å². The van der Waals surface area contributed by atoms with E-state index < -0.39 is 17.7 Å². The molecule has 1 aromatic rings. The van der Waals surface area contributed by atoms with Crippen LogP contribution in [0.1, 0.15) is 44.1 Å². The minimum atomic E-state index is -0.544. The number of carbonyl (C=O) groups excluding carboxylic acids is 2. The quantitative estimate of drug-likeness (QED) is 0.835. The van der Waals surface area contributed by atoms with E-state index in [0.29, 0.717) is 12.8 Å². The van der Waals surface area contributed by atoms with Crippen molar-refractivity contribution in [2.75, 3.05) is 0 Å². The van der Waals surface area contributed by atoms with E-state index in [9.17, 15) is 14.4 Å². The van der Waals surface area contributed by atoms with Gasteiger partial charge in [-0.1, -0.05) is 0 Å². The van der Waals surface area contributed by atoms with Gasteiger partial charge in [0.2, 0.25) is 0 Å². The molecule has 1 heterocycles. The number of nitrogens with zero attached hydrogens (tertiary/aromatic N) is 2. The van der Waals surface area contributed by atoms with Crippen molar-refractivity contribution in [2.24, 2.45) is 14.1 Å². The second kappa shape index (κ2) is 6.10. The minimum Gasteiger partial charge on any atom is -0.458 e. The smallest absolute Gasteiger partial charge is 0.407 e. The van der Waals surface area contributed by atoms with Gasteiger partial charge in [-0.15, -0.1) is 0 Å². The molecule has 1 aliphatic rings. The van der Waals surface area contributed by atoms with Crippen molar-refractivity contribution in [3.05, 3.63) is 22.4 Å². The summed E-state index contributed by atoms with van der Waals surface area (Å²) in [7, 11) is 3.09. The molecule has 0 aliphatic heterocycles. The second-order valence-electron chi connectivity index (χ2n) is 6.81. The zero-order chi connectivity index (χ0) is 17.4. The SMILES string of the molecule is Cn1cc(C(=O)OC2CC(NC(=O)OC(C)(C)C)C2)n(C)c1=O. The molecule has 1 aromatic heterocycles. The molecule has 2 rings (SSSR count). The molecule has 0 bridgehead atoms. The average Bonchev–Trinajstić information content (AvgIpc) is 2.61. The van der Waals surface area contributed by atoms with Crippen molar-refractivity contribution in [3.63, 3.8) is 0 Å². The molecule has 1 amide bonds. The molecular weight excluding hydrogens is 302 g/mol. The lowest BCUT2D eigenvalue weighted by molar-refractivity contribution is -0.00573. The van der Waals surface area contributed by atoms with Crippen LogP contribution in [0.3, 0.4) is 0 Å². The van der Waals surface area contributed by atoms with Gasteiger partial charge in [0.05, 0.1) is 0 Å². The van der Waals surface area contributed by atoms with Crippen LogP contribution >= 0.6 is 0 Å². The van der Waals surface area contributed by atoms with Crippen molar-refractivity contribution in [1.82, 2.24) is 14.5 Å². The number of ether oxygens (including phenoxy) is 2. The summed E-state index contributed by atoms with van der Waals surface area (Å²) >= 11 is 0. The maximum absolute atomic E-state index is 12.0. The van der Waals surface area contributed by atoms with E-state index in [1.165, 1.54) is 22.4 Å². The van der Waals surface area contributed by atoms with Gasteiger partial charge in [-0.3, -0.25) is 4.57 Å². The number of hydrogen-bond acceptors (Lipinski definition) is 5.